The lowest BCUT2D eigenvalue weighted by atomic mass is 10.6. The average molecular weight is 218 g/mol. The third kappa shape index (κ3) is 8.81. The molecule has 15 heavy (non-hydrogen) atoms. The molecule has 86 valence electrons. The molecule has 0 fully saturated rings. The summed E-state index contributed by atoms with van der Waals surface area (Å²) in [4.78, 5) is 22.2. The van der Waals surface area contributed by atoms with E-state index >= 15 is 0 Å². The Kier molecular flexibility index (Phi) is 8.15. The van der Waals surface area contributed by atoms with Gasteiger partial charge in [-0.1, -0.05) is 0 Å². The maximum Gasteiger partial charge on any atom is 0.342 e. The second-order valence-electron chi connectivity index (χ2n) is 2.39. The zero-order valence-electron chi connectivity index (χ0n) is 8.06. The fourth-order valence-corrected chi connectivity index (χ4v) is 0.605. The molecule has 0 saturated carbocycles. The van der Waals surface area contributed by atoms with Gasteiger partial charge >= 0.3 is 5.69 Å². The van der Waals surface area contributed by atoms with Crippen molar-refractivity contribution in [3.8, 4) is 0 Å². The molecule has 0 aromatic carbocycles. The van der Waals surface area contributed by atoms with Crippen molar-refractivity contribution < 1.29 is 10.2 Å². The van der Waals surface area contributed by atoms with Crippen molar-refractivity contribution in [2.45, 2.75) is 0 Å². The van der Waals surface area contributed by atoms with Crippen molar-refractivity contribution in [3.05, 3.63) is 27.0 Å². The molecule has 8 heteroatoms. The Morgan fingerprint density at radius 3 is 2.20 bits per heavy atom. The van der Waals surface area contributed by atoms with Crippen LogP contribution in [0.25, 0.3) is 0 Å². The van der Waals surface area contributed by atoms with Crippen LogP contribution in [0, 0.1) is 0 Å². The van der Waals surface area contributed by atoms with E-state index in [1.807, 2.05) is 10.1 Å². The molecule has 1 rings (SSSR count). The van der Waals surface area contributed by atoms with Crippen LogP contribution in [0.3, 0.4) is 0 Å². The summed E-state index contributed by atoms with van der Waals surface area (Å²) in [6.07, 6.45) is 0.987. The Morgan fingerprint density at radius 2 is 1.87 bits per heavy atom. The monoisotopic (exact) mass is 218 g/mol. The number of aliphatic hydroxyl groups is 2. The first-order valence-electron chi connectivity index (χ1n) is 4.27. The minimum Gasteiger partial charge on any atom is -0.395 e. The van der Waals surface area contributed by atoms with Crippen molar-refractivity contribution in [2.24, 2.45) is 0 Å². The molecule has 0 atom stereocenters. The molecule has 0 aliphatic rings. The van der Waals surface area contributed by atoms with E-state index in [1.165, 1.54) is 0 Å². The Bertz CT molecular complexity index is 318. The summed E-state index contributed by atoms with van der Waals surface area (Å²) in [5.41, 5.74) is -1.08. The third-order valence-electron chi connectivity index (χ3n) is 1.16. The summed E-state index contributed by atoms with van der Waals surface area (Å²) >= 11 is 0. The van der Waals surface area contributed by atoms with Crippen molar-refractivity contribution in [1.29, 1.82) is 0 Å². The van der Waals surface area contributed by atoms with E-state index < -0.39 is 11.2 Å². The maximum absolute atomic E-state index is 10.2. The molecule has 0 spiro atoms. The molecule has 1 aromatic heterocycles. The van der Waals surface area contributed by atoms with E-state index in [0.717, 1.165) is 6.20 Å². The molecule has 0 unspecified atom stereocenters. The Morgan fingerprint density at radius 1 is 1.27 bits per heavy atom. The molecular weight excluding hydrogens is 204 g/mol. The van der Waals surface area contributed by atoms with Crippen LogP contribution < -0.4 is 16.6 Å². The highest BCUT2D eigenvalue weighted by Crippen LogP contribution is 1.54. The molecular formula is C7H14N4O4. The fourth-order valence-electron chi connectivity index (χ4n) is 0.605. The lowest BCUT2D eigenvalue weighted by Gasteiger charge is -1.94. The molecule has 0 saturated heterocycles. The van der Waals surface area contributed by atoms with Crippen molar-refractivity contribution in [1.82, 2.24) is 20.5 Å². The lowest BCUT2D eigenvalue weighted by Crippen LogP contribution is -2.21. The number of hydrogen-bond acceptors (Lipinski definition) is 6. The fraction of sp³-hybridized carbons (Fsp3) is 0.571. The topological polar surface area (TPSA) is 131 Å². The number of aliphatic hydroxyl groups excluding tert-OH is 2. The van der Waals surface area contributed by atoms with Gasteiger partial charge in [0, 0.05) is 13.1 Å². The van der Waals surface area contributed by atoms with E-state index in [-0.39, 0.29) is 13.2 Å². The zero-order chi connectivity index (χ0) is 11.5. The van der Waals surface area contributed by atoms with Crippen LogP contribution in [0.5, 0.6) is 0 Å². The smallest absolute Gasteiger partial charge is 0.342 e. The first-order valence-corrected chi connectivity index (χ1v) is 4.27. The summed E-state index contributed by atoms with van der Waals surface area (Å²) in [6.45, 7) is 1.42. The Hall–Kier alpha value is -1.51. The molecule has 5 N–H and O–H groups in total. The number of H-pyrrole nitrogens is 2. The summed E-state index contributed by atoms with van der Waals surface area (Å²) in [5, 5.41) is 24.3. The molecule has 1 aromatic rings. The van der Waals surface area contributed by atoms with Crippen molar-refractivity contribution in [3.63, 3.8) is 0 Å². The molecule has 0 aliphatic carbocycles. The second kappa shape index (κ2) is 9.06. The van der Waals surface area contributed by atoms with Gasteiger partial charge in [0.05, 0.1) is 13.2 Å². The van der Waals surface area contributed by atoms with Gasteiger partial charge < -0.3 is 15.5 Å². The van der Waals surface area contributed by atoms with E-state index in [1.54, 1.807) is 0 Å². The summed E-state index contributed by atoms with van der Waals surface area (Å²) < 4.78 is 0. The Balaban J connectivity index is 0.000000265. The zero-order valence-corrected chi connectivity index (χ0v) is 8.06. The van der Waals surface area contributed by atoms with Crippen LogP contribution in [0.2, 0.25) is 0 Å². The number of nitrogens with zero attached hydrogens (tertiary/aromatic N) is 1. The first-order chi connectivity index (χ1) is 7.20. The van der Waals surface area contributed by atoms with Crippen molar-refractivity contribution >= 4 is 0 Å². The van der Waals surface area contributed by atoms with Crippen LogP contribution in [0.1, 0.15) is 0 Å². The number of aromatic nitrogens is 3. The minimum absolute atomic E-state index is 0.139. The predicted octanol–water partition coefficient (Wildman–Crippen LogP) is -2.98. The Labute approximate surface area is 85.0 Å². The highest BCUT2D eigenvalue weighted by atomic mass is 16.3. The summed E-state index contributed by atoms with van der Waals surface area (Å²) in [7, 11) is 0. The number of nitrogens with one attached hydrogen (secondary N) is 3. The SMILES string of the molecule is O=c1cn[nH]c(=O)[nH]1.OCCNCCO. The number of rotatable bonds is 4. The van der Waals surface area contributed by atoms with Gasteiger partial charge in [-0.3, -0.25) is 9.78 Å². The van der Waals surface area contributed by atoms with Crippen LogP contribution in [-0.4, -0.2) is 51.7 Å². The van der Waals surface area contributed by atoms with Gasteiger partial charge in [-0.15, -0.1) is 0 Å². The van der Waals surface area contributed by atoms with Crippen molar-refractivity contribution in [2.75, 3.05) is 26.3 Å². The molecule has 0 aliphatic heterocycles. The van der Waals surface area contributed by atoms with Gasteiger partial charge in [0.15, 0.2) is 0 Å². The van der Waals surface area contributed by atoms with E-state index in [9.17, 15) is 9.59 Å². The summed E-state index contributed by atoms with van der Waals surface area (Å²) in [6, 6.07) is 0. The molecule has 0 amide bonds. The van der Waals surface area contributed by atoms with Gasteiger partial charge in [0.2, 0.25) is 0 Å². The molecule has 0 bridgehead atoms. The number of aromatic amines is 2. The van der Waals surface area contributed by atoms with E-state index in [2.05, 4.69) is 10.4 Å². The molecule has 1 heterocycles. The van der Waals surface area contributed by atoms with Gasteiger partial charge in [0.1, 0.15) is 6.20 Å². The quantitative estimate of drug-likeness (QED) is 0.343. The lowest BCUT2D eigenvalue weighted by molar-refractivity contribution is 0.267. The van der Waals surface area contributed by atoms with Gasteiger partial charge in [-0.05, 0) is 0 Å². The van der Waals surface area contributed by atoms with Crippen LogP contribution >= 0.6 is 0 Å². The third-order valence-corrected chi connectivity index (χ3v) is 1.16. The standard InChI is InChI=1S/C4H11NO2.C3H3N3O2/c6-3-1-5-2-4-7;7-2-1-4-6-3(8)5-2/h5-7H,1-4H2;1H,(H2,5,6,7,8). The predicted molar refractivity (Wildman–Crippen MR) is 52.5 cm³/mol. The van der Waals surface area contributed by atoms with Gasteiger partial charge in [-0.25, -0.2) is 9.89 Å². The largest absolute Gasteiger partial charge is 0.395 e. The maximum atomic E-state index is 10.2. The van der Waals surface area contributed by atoms with E-state index in [0.29, 0.717) is 13.1 Å². The number of hydrogen-bond donors (Lipinski definition) is 5. The average Bonchev–Trinajstić information content (AvgIpc) is 2.19. The van der Waals surface area contributed by atoms with Gasteiger partial charge in [-0.2, -0.15) is 5.10 Å². The van der Waals surface area contributed by atoms with Crippen LogP contribution in [0.15, 0.2) is 15.8 Å². The highest BCUT2D eigenvalue weighted by molar-refractivity contribution is 4.64. The van der Waals surface area contributed by atoms with Gasteiger partial charge in [0.25, 0.3) is 5.56 Å². The van der Waals surface area contributed by atoms with Crippen LogP contribution in [-0.2, 0) is 0 Å². The normalized spacial score (nSPS) is 9.20. The van der Waals surface area contributed by atoms with Crippen LogP contribution in [0.4, 0.5) is 0 Å². The second-order valence-corrected chi connectivity index (χ2v) is 2.39. The molecule has 8 nitrogen and oxygen atoms in total. The summed E-state index contributed by atoms with van der Waals surface area (Å²) in [5.74, 6) is 0. The minimum atomic E-state index is -0.586. The highest BCUT2D eigenvalue weighted by Gasteiger charge is 1.79. The first kappa shape index (κ1) is 13.5. The molecule has 0 radical (unpaired) electrons. The van der Waals surface area contributed by atoms with E-state index in [4.69, 9.17) is 10.2 Å².